The maximum Gasteiger partial charge on any atom is 0.317 e. The average molecular weight is 354 g/mol. The molecule has 2 N–H and O–H groups in total. The van der Waals surface area contributed by atoms with Gasteiger partial charge >= 0.3 is 6.01 Å². The van der Waals surface area contributed by atoms with E-state index in [0.717, 1.165) is 5.69 Å². The fraction of sp³-hybridized carbons (Fsp3) is 0.250. The molecule has 0 radical (unpaired) electrons. The van der Waals surface area contributed by atoms with E-state index in [0.29, 0.717) is 24.7 Å². The lowest BCUT2D eigenvalue weighted by Gasteiger charge is -2.08. The summed E-state index contributed by atoms with van der Waals surface area (Å²) in [7, 11) is 0. The molecular weight excluding hydrogens is 336 g/mol. The second-order valence-electron chi connectivity index (χ2n) is 5.27. The van der Waals surface area contributed by atoms with E-state index in [2.05, 4.69) is 35.9 Å². The zero-order valence-corrected chi connectivity index (χ0v) is 14.2. The normalized spacial score (nSPS) is 10.3. The molecule has 0 aliphatic rings. The molecule has 3 heterocycles. The van der Waals surface area contributed by atoms with Gasteiger partial charge in [-0.2, -0.15) is 5.10 Å². The van der Waals surface area contributed by atoms with Gasteiger partial charge in [-0.1, -0.05) is 0 Å². The number of carbonyl (C=O) groups is 1. The van der Waals surface area contributed by atoms with E-state index < -0.39 is 0 Å². The summed E-state index contributed by atoms with van der Waals surface area (Å²) < 4.78 is 6.85. The zero-order valence-electron chi connectivity index (χ0n) is 14.2. The number of rotatable bonds is 8. The van der Waals surface area contributed by atoms with Crippen molar-refractivity contribution >= 4 is 11.7 Å². The smallest absolute Gasteiger partial charge is 0.317 e. The van der Waals surface area contributed by atoms with E-state index in [1.54, 1.807) is 41.5 Å². The number of anilines is 1. The molecule has 0 spiro atoms. The predicted octanol–water partition coefficient (Wildman–Crippen LogP) is 0.368. The molecule has 0 saturated carbocycles. The Morgan fingerprint density at radius 3 is 2.85 bits per heavy atom. The third kappa shape index (κ3) is 4.97. The lowest BCUT2D eigenvalue weighted by Crippen LogP contribution is -2.33. The van der Waals surface area contributed by atoms with Crippen LogP contribution in [0.5, 0.6) is 6.01 Å². The van der Waals surface area contributed by atoms with Gasteiger partial charge in [0.2, 0.25) is 0 Å². The Bertz CT molecular complexity index is 836. The number of nitrogens with zero attached hydrogens (tertiary/aromatic N) is 6. The molecule has 10 nitrogen and oxygen atoms in total. The number of hydrogen-bond acceptors (Lipinski definition) is 8. The van der Waals surface area contributed by atoms with Crippen LogP contribution in [0, 0.1) is 6.92 Å². The molecule has 0 fully saturated rings. The van der Waals surface area contributed by atoms with E-state index in [1.807, 2.05) is 13.0 Å². The first-order valence-electron chi connectivity index (χ1n) is 7.97. The SMILES string of the molecule is Cc1ccnc(OCC(=O)NCCNc2ccc(-n3cccn3)nn2)n1. The van der Waals surface area contributed by atoms with Gasteiger partial charge in [-0.15, -0.1) is 10.2 Å². The third-order valence-electron chi connectivity index (χ3n) is 3.25. The van der Waals surface area contributed by atoms with E-state index in [1.165, 1.54) is 0 Å². The van der Waals surface area contributed by atoms with Crippen molar-refractivity contribution in [2.45, 2.75) is 6.92 Å². The van der Waals surface area contributed by atoms with Crippen LogP contribution in [0.4, 0.5) is 5.82 Å². The van der Waals surface area contributed by atoms with Crippen molar-refractivity contribution < 1.29 is 9.53 Å². The van der Waals surface area contributed by atoms with Crippen molar-refractivity contribution in [1.82, 2.24) is 35.3 Å². The van der Waals surface area contributed by atoms with Crippen LogP contribution in [0.2, 0.25) is 0 Å². The van der Waals surface area contributed by atoms with Crippen LogP contribution in [0.1, 0.15) is 5.69 Å². The second kappa shape index (κ2) is 8.51. The van der Waals surface area contributed by atoms with Crippen molar-refractivity contribution in [3.8, 4) is 11.8 Å². The van der Waals surface area contributed by atoms with Crippen LogP contribution in [-0.2, 0) is 4.79 Å². The maximum absolute atomic E-state index is 11.7. The largest absolute Gasteiger partial charge is 0.453 e. The molecule has 3 aromatic heterocycles. The molecule has 10 heteroatoms. The summed E-state index contributed by atoms with van der Waals surface area (Å²) in [6.45, 7) is 2.61. The van der Waals surface area contributed by atoms with Crippen LogP contribution < -0.4 is 15.4 Å². The van der Waals surface area contributed by atoms with Crippen LogP contribution >= 0.6 is 0 Å². The summed E-state index contributed by atoms with van der Waals surface area (Å²) in [5.41, 5.74) is 0.777. The fourth-order valence-corrected chi connectivity index (χ4v) is 2.02. The van der Waals surface area contributed by atoms with Gasteiger partial charge in [0.25, 0.3) is 5.91 Å². The van der Waals surface area contributed by atoms with Crippen LogP contribution in [0.15, 0.2) is 42.9 Å². The molecule has 0 unspecified atom stereocenters. The number of amides is 1. The standard InChI is InChI=1S/C16H18N8O2/c1-12-5-7-19-16(21-12)26-11-15(25)18-9-8-17-13-3-4-14(23-22-13)24-10-2-6-20-24/h2-7,10H,8-9,11H2,1H3,(H,17,22)(H,18,25). The van der Waals surface area contributed by atoms with E-state index in [4.69, 9.17) is 4.74 Å². The lowest BCUT2D eigenvalue weighted by molar-refractivity contribution is -0.123. The van der Waals surface area contributed by atoms with Crippen molar-refractivity contribution in [2.24, 2.45) is 0 Å². The number of aromatic nitrogens is 6. The molecular formula is C16H18N8O2. The molecule has 0 aliphatic heterocycles. The molecule has 3 aromatic rings. The molecule has 0 aliphatic carbocycles. The summed E-state index contributed by atoms with van der Waals surface area (Å²) >= 11 is 0. The Morgan fingerprint density at radius 1 is 1.19 bits per heavy atom. The summed E-state index contributed by atoms with van der Waals surface area (Å²) in [5.74, 6) is 0.987. The summed E-state index contributed by atoms with van der Waals surface area (Å²) in [6.07, 6.45) is 5.04. The molecule has 3 rings (SSSR count). The Hall–Kier alpha value is -3.56. The van der Waals surface area contributed by atoms with Crippen molar-refractivity contribution in [1.29, 1.82) is 0 Å². The van der Waals surface area contributed by atoms with E-state index in [9.17, 15) is 4.79 Å². The second-order valence-corrected chi connectivity index (χ2v) is 5.27. The monoisotopic (exact) mass is 354 g/mol. The van der Waals surface area contributed by atoms with Crippen molar-refractivity contribution in [3.63, 3.8) is 0 Å². The molecule has 134 valence electrons. The number of nitrogens with one attached hydrogen (secondary N) is 2. The minimum absolute atomic E-state index is 0.137. The lowest BCUT2D eigenvalue weighted by atomic mass is 10.4. The van der Waals surface area contributed by atoms with Gasteiger partial charge in [0.05, 0.1) is 0 Å². The predicted molar refractivity (Wildman–Crippen MR) is 92.9 cm³/mol. The summed E-state index contributed by atoms with van der Waals surface area (Å²) in [4.78, 5) is 19.7. The topological polar surface area (TPSA) is 120 Å². The van der Waals surface area contributed by atoms with Crippen molar-refractivity contribution in [2.75, 3.05) is 25.0 Å². The van der Waals surface area contributed by atoms with Crippen LogP contribution in [-0.4, -0.2) is 55.5 Å². The van der Waals surface area contributed by atoms with Gasteiger partial charge in [0, 0.05) is 37.4 Å². The minimum Gasteiger partial charge on any atom is -0.453 e. The summed E-state index contributed by atoms with van der Waals surface area (Å²) in [5, 5.41) is 18.0. The minimum atomic E-state index is -0.253. The Kier molecular flexibility index (Phi) is 5.65. The molecule has 0 bridgehead atoms. The van der Waals surface area contributed by atoms with Gasteiger partial charge in [-0.05, 0) is 31.2 Å². The molecule has 1 amide bonds. The highest BCUT2D eigenvalue weighted by Gasteiger charge is 2.04. The number of aryl methyl sites for hydroxylation is 1. The third-order valence-corrected chi connectivity index (χ3v) is 3.25. The molecule has 0 aromatic carbocycles. The number of hydrogen-bond donors (Lipinski definition) is 2. The quantitative estimate of drug-likeness (QED) is 0.557. The highest BCUT2D eigenvalue weighted by molar-refractivity contribution is 5.77. The maximum atomic E-state index is 11.7. The fourth-order valence-electron chi connectivity index (χ4n) is 2.02. The van der Waals surface area contributed by atoms with E-state index >= 15 is 0 Å². The molecule has 26 heavy (non-hydrogen) atoms. The van der Waals surface area contributed by atoms with Crippen LogP contribution in [0.25, 0.3) is 5.82 Å². The first kappa shape index (κ1) is 17.3. The first-order chi connectivity index (χ1) is 12.7. The summed E-state index contributed by atoms with van der Waals surface area (Å²) in [6, 6.07) is 7.35. The molecule has 0 saturated heterocycles. The average Bonchev–Trinajstić information content (AvgIpc) is 3.19. The zero-order chi connectivity index (χ0) is 18.2. The van der Waals surface area contributed by atoms with Gasteiger partial charge in [-0.3, -0.25) is 4.79 Å². The van der Waals surface area contributed by atoms with Gasteiger partial charge < -0.3 is 15.4 Å². The number of carbonyl (C=O) groups excluding carboxylic acids is 1. The van der Waals surface area contributed by atoms with Gasteiger partial charge in [0.15, 0.2) is 12.4 Å². The van der Waals surface area contributed by atoms with Gasteiger partial charge in [-0.25, -0.2) is 14.6 Å². The van der Waals surface area contributed by atoms with Gasteiger partial charge in [0.1, 0.15) is 5.82 Å². The molecule has 0 atom stereocenters. The highest BCUT2D eigenvalue weighted by Crippen LogP contribution is 2.05. The van der Waals surface area contributed by atoms with Crippen molar-refractivity contribution in [3.05, 3.63) is 48.5 Å². The Morgan fingerprint density at radius 2 is 2.12 bits per heavy atom. The first-order valence-corrected chi connectivity index (χ1v) is 7.97. The van der Waals surface area contributed by atoms with Crippen LogP contribution in [0.3, 0.4) is 0 Å². The highest BCUT2D eigenvalue weighted by atomic mass is 16.5. The van der Waals surface area contributed by atoms with E-state index in [-0.39, 0.29) is 18.5 Å². The number of ether oxygens (including phenoxy) is 1. The Labute approximate surface area is 149 Å². The Balaban J connectivity index is 1.35.